The van der Waals surface area contributed by atoms with E-state index in [4.69, 9.17) is 5.11 Å². The number of likely N-dealkylation sites (tertiary alicyclic amines) is 2. The minimum atomic E-state index is -0.961. The number of carboxylic acid groups (broad SMARTS) is 1. The van der Waals surface area contributed by atoms with E-state index < -0.39 is 5.97 Å². The van der Waals surface area contributed by atoms with Crippen LogP contribution in [0.25, 0.3) is 0 Å². The van der Waals surface area contributed by atoms with Crippen molar-refractivity contribution in [1.29, 1.82) is 0 Å². The third-order valence-electron chi connectivity index (χ3n) is 4.74. The summed E-state index contributed by atoms with van der Waals surface area (Å²) in [6.07, 6.45) is 5.09. The SMILES string of the molecule is O=C(O)c1csc(CN2CCC(CN3CCCCC3=O)CC2)n1. The molecule has 0 aliphatic carbocycles. The highest BCUT2D eigenvalue weighted by Gasteiger charge is 2.25. The van der Waals surface area contributed by atoms with Crippen molar-refractivity contribution in [3.05, 3.63) is 16.1 Å². The fourth-order valence-corrected chi connectivity index (χ4v) is 4.18. The maximum absolute atomic E-state index is 11.9. The second-order valence-electron chi connectivity index (χ2n) is 6.45. The maximum Gasteiger partial charge on any atom is 0.355 e. The Morgan fingerprint density at radius 2 is 2.09 bits per heavy atom. The molecule has 0 aromatic carbocycles. The highest BCUT2D eigenvalue weighted by Crippen LogP contribution is 2.23. The van der Waals surface area contributed by atoms with E-state index in [9.17, 15) is 9.59 Å². The Hall–Kier alpha value is -1.47. The average molecular weight is 337 g/mol. The van der Waals surface area contributed by atoms with Gasteiger partial charge in [-0.15, -0.1) is 11.3 Å². The zero-order valence-corrected chi connectivity index (χ0v) is 14.1. The Morgan fingerprint density at radius 1 is 1.30 bits per heavy atom. The average Bonchev–Trinajstić information content (AvgIpc) is 3.00. The van der Waals surface area contributed by atoms with E-state index in [0.29, 0.717) is 11.8 Å². The number of aromatic carboxylic acids is 1. The quantitative estimate of drug-likeness (QED) is 0.890. The zero-order valence-electron chi connectivity index (χ0n) is 13.2. The van der Waals surface area contributed by atoms with Gasteiger partial charge < -0.3 is 10.0 Å². The lowest BCUT2D eigenvalue weighted by Gasteiger charge is -2.35. The van der Waals surface area contributed by atoms with Gasteiger partial charge in [0.1, 0.15) is 5.01 Å². The molecule has 23 heavy (non-hydrogen) atoms. The van der Waals surface area contributed by atoms with Crippen LogP contribution < -0.4 is 0 Å². The van der Waals surface area contributed by atoms with Crippen LogP contribution in [0.4, 0.5) is 0 Å². The number of carbonyl (C=O) groups is 2. The van der Waals surface area contributed by atoms with Gasteiger partial charge in [-0.2, -0.15) is 0 Å². The summed E-state index contributed by atoms with van der Waals surface area (Å²) in [5.41, 5.74) is 0.142. The Balaban J connectivity index is 1.44. The van der Waals surface area contributed by atoms with Crippen LogP contribution in [0.15, 0.2) is 5.38 Å². The second kappa shape index (κ2) is 7.40. The van der Waals surface area contributed by atoms with Crippen molar-refractivity contribution >= 4 is 23.2 Å². The minimum Gasteiger partial charge on any atom is -0.476 e. The fraction of sp³-hybridized carbons (Fsp3) is 0.688. The summed E-state index contributed by atoms with van der Waals surface area (Å²) >= 11 is 1.41. The van der Waals surface area contributed by atoms with Crippen molar-refractivity contribution in [2.24, 2.45) is 5.92 Å². The van der Waals surface area contributed by atoms with Gasteiger partial charge in [0, 0.05) is 24.9 Å². The van der Waals surface area contributed by atoms with Gasteiger partial charge in [0.25, 0.3) is 0 Å². The first-order chi connectivity index (χ1) is 11.1. The first kappa shape index (κ1) is 16.4. The lowest BCUT2D eigenvalue weighted by Crippen LogP contribution is -2.42. The Morgan fingerprint density at radius 3 is 2.74 bits per heavy atom. The fourth-order valence-electron chi connectivity index (χ4n) is 3.37. The number of nitrogens with zero attached hydrogens (tertiary/aromatic N) is 3. The molecular weight excluding hydrogens is 314 g/mol. The van der Waals surface area contributed by atoms with E-state index in [0.717, 1.165) is 69.8 Å². The van der Waals surface area contributed by atoms with E-state index in [-0.39, 0.29) is 5.69 Å². The number of thiazole rings is 1. The summed E-state index contributed by atoms with van der Waals surface area (Å²) in [6, 6.07) is 0. The first-order valence-corrected chi connectivity index (χ1v) is 9.17. The summed E-state index contributed by atoms with van der Waals surface area (Å²) in [7, 11) is 0. The van der Waals surface area contributed by atoms with E-state index in [1.165, 1.54) is 11.3 Å². The Kier molecular flexibility index (Phi) is 5.27. The predicted molar refractivity (Wildman–Crippen MR) is 87.5 cm³/mol. The van der Waals surface area contributed by atoms with Crippen molar-refractivity contribution < 1.29 is 14.7 Å². The highest BCUT2D eigenvalue weighted by molar-refractivity contribution is 7.09. The molecule has 0 spiro atoms. The van der Waals surface area contributed by atoms with Crippen LogP contribution in [-0.4, -0.2) is 57.9 Å². The molecule has 1 aromatic heterocycles. The summed E-state index contributed by atoms with van der Waals surface area (Å²) in [5.74, 6) is -0.0424. The lowest BCUT2D eigenvalue weighted by atomic mass is 9.95. The van der Waals surface area contributed by atoms with E-state index in [2.05, 4.69) is 9.88 Å². The van der Waals surface area contributed by atoms with Gasteiger partial charge in [0.2, 0.25) is 5.91 Å². The number of hydrogen-bond acceptors (Lipinski definition) is 5. The monoisotopic (exact) mass is 337 g/mol. The second-order valence-corrected chi connectivity index (χ2v) is 7.39. The Bertz CT molecular complexity index is 567. The molecule has 3 heterocycles. The van der Waals surface area contributed by atoms with Gasteiger partial charge in [-0.05, 0) is 44.7 Å². The van der Waals surface area contributed by atoms with Gasteiger partial charge in [0.15, 0.2) is 5.69 Å². The smallest absolute Gasteiger partial charge is 0.355 e. The van der Waals surface area contributed by atoms with E-state index >= 15 is 0 Å². The topological polar surface area (TPSA) is 73.7 Å². The molecule has 2 saturated heterocycles. The van der Waals surface area contributed by atoms with Crippen LogP contribution in [0.5, 0.6) is 0 Å². The molecule has 0 atom stereocenters. The molecule has 2 aliphatic heterocycles. The minimum absolute atomic E-state index is 0.142. The molecule has 1 aromatic rings. The van der Waals surface area contributed by atoms with E-state index in [1.54, 1.807) is 5.38 Å². The number of amides is 1. The molecule has 7 heteroatoms. The molecule has 0 saturated carbocycles. The van der Waals surface area contributed by atoms with E-state index in [1.807, 2.05) is 4.90 Å². The van der Waals surface area contributed by atoms with Crippen LogP contribution in [0.2, 0.25) is 0 Å². The molecule has 6 nitrogen and oxygen atoms in total. The summed E-state index contributed by atoms with van der Waals surface area (Å²) in [6.45, 7) is 4.56. The molecule has 1 amide bonds. The number of rotatable bonds is 5. The van der Waals surface area contributed by atoms with Crippen LogP contribution in [0, 0.1) is 5.92 Å². The van der Waals surface area contributed by atoms with Crippen LogP contribution in [-0.2, 0) is 11.3 Å². The molecule has 0 radical (unpaired) electrons. The zero-order chi connectivity index (χ0) is 16.2. The van der Waals surface area contributed by atoms with Crippen molar-refractivity contribution in [3.63, 3.8) is 0 Å². The molecular formula is C16H23N3O3S. The number of aromatic nitrogens is 1. The first-order valence-electron chi connectivity index (χ1n) is 8.29. The Labute approximate surface area is 140 Å². The van der Waals surface area contributed by atoms with Crippen LogP contribution in [0.3, 0.4) is 0 Å². The number of piperidine rings is 2. The molecule has 126 valence electrons. The van der Waals surface area contributed by atoms with Gasteiger partial charge in [0.05, 0.1) is 6.54 Å². The summed E-state index contributed by atoms with van der Waals surface area (Å²) in [5, 5.41) is 11.4. The molecule has 2 aliphatic rings. The molecule has 0 bridgehead atoms. The largest absolute Gasteiger partial charge is 0.476 e. The molecule has 1 N–H and O–H groups in total. The van der Waals surface area contributed by atoms with Crippen molar-refractivity contribution in [2.45, 2.75) is 38.6 Å². The third-order valence-corrected chi connectivity index (χ3v) is 5.57. The van der Waals surface area contributed by atoms with Crippen molar-refractivity contribution in [2.75, 3.05) is 26.2 Å². The number of carboxylic acids is 1. The van der Waals surface area contributed by atoms with Gasteiger partial charge in [-0.3, -0.25) is 9.69 Å². The maximum atomic E-state index is 11.9. The van der Waals surface area contributed by atoms with Crippen molar-refractivity contribution in [1.82, 2.24) is 14.8 Å². The summed E-state index contributed by atoms with van der Waals surface area (Å²) < 4.78 is 0. The lowest BCUT2D eigenvalue weighted by molar-refractivity contribution is -0.134. The number of carbonyl (C=O) groups excluding carboxylic acids is 1. The molecule has 2 fully saturated rings. The van der Waals surface area contributed by atoms with Crippen molar-refractivity contribution in [3.8, 4) is 0 Å². The highest BCUT2D eigenvalue weighted by atomic mass is 32.1. The van der Waals surface area contributed by atoms with Crippen LogP contribution in [0.1, 0.15) is 47.6 Å². The standard InChI is InChI=1S/C16H23N3O3S/c20-15-3-1-2-6-19(15)9-12-4-7-18(8-5-12)10-14-17-13(11-23-14)16(21)22/h11-12H,1-10H2,(H,21,22). The van der Waals surface area contributed by atoms with Gasteiger partial charge >= 0.3 is 5.97 Å². The summed E-state index contributed by atoms with van der Waals surface area (Å²) in [4.78, 5) is 31.3. The van der Waals surface area contributed by atoms with Gasteiger partial charge in [-0.25, -0.2) is 9.78 Å². The third kappa shape index (κ3) is 4.29. The normalized spacial score (nSPS) is 20.9. The predicted octanol–water partition coefficient (Wildman–Crippen LogP) is 2.07. The van der Waals surface area contributed by atoms with Crippen LogP contribution >= 0.6 is 11.3 Å². The molecule has 3 rings (SSSR count). The molecule has 0 unspecified atom stereocenters. The number of hydrogen-bond donors (Lipinski definition) is 1. The van der Waals surface area contributed by atoms with Gasteiger partial charge in [-0.1, -0.05) is 0 Å².